The molecule has 5 heteroatoms. The highest BCUT2D eigenvalue weighted by molar-refractivity contribution is 5.85. The average Bonchev–Trinajstić information content (AvgIpc) is 2.50. The predicted octanol–water partition coefficient (Wildman–Crippen LogP) is 3.74. The van der Waals surface area contributed by atoms with Gasteiger partial charge in [0.25, 0.3) is 0 Å². The number of anilines is 1. The third-order valence-corrected chi connectivity index (χ3v) is 5.30. The Balaban J connectivity index is 0.00000264. The summed E-state index contributed by atoms with van der Waals surface area (Å²) in [5, 5.41) is 3.16. The fourth-order valence-corrected chi connectivity index (χ4v) is 3.29. The van der Waals surface area contributed by atoms with Crippen molar-refractivity contribution in [1.29, 1.82) is 0 Å². The van der Waals surface area contributed by atoms with Gasteiger partial charge in [-0.3, -0.25) is 9.78 Å². The van der Waals surface area contributed by atoms with Gasteiger partial charge in [-0.2, -0.15) is 0 Å². The third kappa shape index (κ3) is 5.69. The van der Waals surface area contributed by atoms with Gasteiger partial charge in [0.15, 0.2) is 0 Å². The van der Waals surface area contributed by atoms with Crippen molar-refractivity contribution in [3.05, 3.63) is 24.0 Å². The summed E-state index contributed by atoms with van der Waals surface area (Å²) in [7, 11) is 0. The molecule has 0 radical (unpaired) electrons. The Morgan fingerprint density at radius 1 is 1.30 bits per heavy atom. The summed E-state index contributed by atoms with van der Waals surface area (Å²) < 4.78 is 0. The van der Waals surface area contributed by atoms with Gasteiger partial charge >= 0.3 is 0 Å². The number of carbonyl (C=O) groups is 1. The summed E-state index contributed by atoms with van der Waals surface area (Å²) in [6, 6.07) is 3.92. The molecule has 1 aliphatic rings. The summed E-state index contributed by atoms with van der Waals surface area (Å²) >= 11 is 0. The molecule has 1 heterocycles. The molecule has 1 fully saturated rings. The van der Waals surface area contributed by atoms with Crippen LogP contribution in [0.5, 0.6) is 0 Å². The molecule has 0 aromatic carbocycles. The van der Waals surface area contributed by atoms with Crippen LogP contribution in [0.25, 0.3) is 0 Å². The van der Waals surface area contributed by atoms with Crippen molar-refractivity contribution in [3.63, 3.8) is 0 Å². The van der Waals surface area contributed by atoms with E-state index in [2.05, 4.69) is 31.1 Å². The summed E-state index contributed by atoms with van der Waals surface area (Å²) in [5.41, 5.74) is 7.42. The first-order valence-electron chi connectivity index (χ1n) is 8.40. The van der Waals surface area contributed by atoms with Gasteiger partial charge in [-0.05, 0) is 49.1 Å². The third-order valence-electron chi connectivity index (χ3n) is 5.30. The number of rotatable bonds is 5. The van der Waals surface area contributed by atoms with Gasteiger partial charge in [0.05, 0.1) is 18.3 Å². The van der Waals surface area contributed by atoms with Crippen LogP contribution in [0.15, 0.2) is 18.3 Å². The van der Waals surface area contributed by atoms with E-state index in [1.165, 1.54) is 19.3 Å². The number of aromatic nitrogens is 1. The lowest BCUT2D eigenvalue weighted by molar-refractivity contribution is -0.121. The molecule has 0 saturated heterocycles. The fourth-order valence-electron chi connectivity index (χ4n) is 3.29. The molecule has 1 saturated carbocycles. The minimum Gasteiger partial charge on any atom is -0.397 e. The Kier molecular flexibility index (Phi) is 7.33. The second-order valence-electron chi connectivity index (χ2n) is 7.22. The first-order valence-corrected chi connectivity index (χ1v) is 8.40. The van der Waals surface area contributed by atoms with Crippen LogP contribution in [0.4, 0.5) is 5.69 Å². The second-order valence-corrected chi connectivity index (χ2v) is 7.22. The Morgan fingerprint density at radius 3 is 2.48 bits per heavy atom. The standard InChI is InChI=1S/C18H29N3O.ClH/c1-4-18(2,3)13-5-8-15(9-6-13)21-17(22)11-16-10-7-14(19)12-20-16;/h7,10,12-13,15H,4-6,8-9,11,19H2,1-3H3,(H,21,22);1H. The van der Waals surface area contributed by atoms with Gasteiger partial charge in [0.2, 0.25) is 5.91 Å². The zero-order valence-corrected chi connectivity index (χ0v) is 15.3. The Labute approximate surface area is 146 Å². The molecule has 3 N–H and O–H groups in total. The molecule has 0 aliphatic heterocycles. The van der Waals surface area contributed by atoms with E-state index in [0.717, 1.165) is 24.5 Å². The van der Waals surface area contributed by atoms with Crippen LogP contribution in [-0.2, 0) is 11.2 Å². The normalized spacial score (nSPS) is 21.3. The molecule has 1 aliphatic carbocycles. The van der Waals surface area contributed by atoms with Crippen molar-refractivity contribution >= 4 is 24.0 Å². The molecule has 130 valence electrons. The van der Waals surface area contributed by atoms with Crippen molar-refractivity contribution in [1.82, 2.24) is 10.3 Å². The Hall–Kier alpha value is -1.29. The van der Waals surface area contributed by atoms with E-state index in [1.807, 2.05) is 6.07 Å². The highest BCUT2D eigenvalue weighted by Gasteiger charge is 2.32. The Bertz CT molecular complexity index is 493. The topological polar surface area (TPSA) is 68.0 Å². The fraction of sp³-hybridized carbons (Fsp3) is 0.667. The van der Waals surface area contributed by atoms with Gasteiger partial charge in [0.1, 0.15) is 0 Å². The first-order chi connectivity index (χ1) is 10.4. The lowest BCUT2D eigenvalue weighted by Gasteiger charge is -2.39. The number of pyridine rings is 1. The molecule has 0 spiro atoms. The zero-order valence-electron chi connectivity index (χ0n) is 14.5. The maximum atomic E-state index is 12.1. The number of hydrogen-bond donors (Lipinski definition) is 2. The lowest BCUT2D eigenvalue weighted by atomic mass is 9.69. The SMILES string of the molecule is CCC(C)(C)C1CCC(NC(=O)Cc2ccc(N)cn2)CC1.Cl. The smallest absolute Gasteiger partial charge is 0.226 e. The summed E-state index contributed by atoms with van der Waals surface area (Å²) in [6.07, 6.45) is 7.76. The maximum Gasteiger partial charge on any atom is 0.226 e. The molecular formula is C18H30ClN3O. The highest BCUT2D eigenvalue weighted by atomic mass is 35.5. The van der Waals surface area contributed by atoms with Crippen LogP contribution in [0.1, 0.15) is 58.6 Å². The predicted molar refractivity (Wildman–Crippen MR) is 97.6 cm³/mol. The van der Waals surface area contributed by atoms with E-state index in [9.17, 15) is 4.79 Å². The van der Waals surface area contributed by atoms with Crippen LogP contribution in [-0.4, -0.2) is 16.9 Å². The van der Waals surface area contributed by atoms with Gasteiger partial charge in [-0.1, -0.05) is 27.2 Å². The summed E-state index contributed by atoms with van der Waals surface area (Å²) in [6.45, 7) is 7.00. The molecule has 0 unspecified atom stereocenters. The molecule has 0 atom stereocenters. The molecule has 4 nitrogen and oxygen atoms in total. The largest absolute Gasteiger partial charge is 0.397 e. The van der Waals surface area contributed by atoms with Crippen LogP contribution < -0.4 is 11.1 Å². The van der Waals surface area contributed by atoms with Crippen LogP contribution >= 0.6 is 12.4 Å². The number of nitrogens with one attached hydrogen (secondary N) is 1. The number of nitrogen functional groups attached to an aromatic ring is 1. The first kappa shape index (κ1) is 19.8. The van der Waals surface area contributed by atoms with Gasteiger partial charge in [-0.15, -0.1) is 12.4 Å². The number of nitrogens with two attached hydrogens (primary N) is 1. The van der Waals surface area contributed by atoms with Crippen molar-refractivity contribution in [3.8, 4) is 0 Å². The van der Waals surface area contributed by atoms with Crippen LogP contribution in [0.3, 0.4) is 0 Å². The molecule has 1 aromatic heterocycles. The number of amides is 1. The number of halogens is 1. The minimum absolute atomic E-state index is 0. The Morgan fingerprint density at radius 2 is 1.96 bits per heavy atom. The summed E-state index contributed by atoms with van der Waals surface area (Å²) in [4.78, 5) is 16.3. The van der Waals surface area contributed by atoms with Crippen molar-refractivity contribution < 1.29 is 4.79 Å². The van der Waals surface area contributed by atoms with Crippen molar-refractivity contribution in [2.24, 2.45) is 11.3 Å². The van der Waals surface area contributed by atoms with Crippen LogP contribution in [0, 0.1) is 11.3 Å². The quantitative estimate of drug-likeness (QED) is 0.858. The molecule has 1 amide bonds. The van der Waals surface area contributed by atoms with Gasteiger partial charge < -0.3 is 11.1 Å². The van der Waals surface area contributed by atoms with E-state index >= 15 is 0 Å². The highest BCUT2D eigenvalue weighted by Crippen LogP contribution is 2.40. The van der Waals surface area contributed by atoms with E-state index in [4.69, 9.17) is 5.73 Å². The van der Waals surface area contributed by atoms with E-state index in [0.29, 0.717) is 23.6 Å². The molecule has 1 aromatic rings. The van der Waals surface area contributed by atoms with E-state index in [-0.39, 0.29) is 18.3 Å². The molecule has 0 bridgehead atoms. The van der Waals surface area contributed by atoms with Gasteiger partial charge in [-0.25, -0.2) is 0 Å². The number of hydrogen-bond acceptors (Lipinski definition) is 3. The lowest BCUT2D eigenvalue weighted by Crippen LogP contribution is -2.40. The minimum atomic E-state index is 0. The maximum absolute atomic E-state index is 12.1. The van der Waals surface area contributed by atoms with Crippen LogP contribution in [0.2, 0.25) is 0 Å². The number of nitrogens with zero attached hydrogens (tertiary/aromatic N) is 1. The van der Waals surface area contributed by atoms with E-state index < -0.39 is 0 Å². The second kappa shape index (κ2) is 8.53. The van der Waals surface area contributed by atoms with Crippen molar-refractivity contribution in [2.75, 3.05) is 5.73 Å². The monoisotopic (exact) mass is 339 g/mol. The zero-order chi connectivity index (χ0) is 16.2. The molecule has 2 rings (SSSR count). The van der Waals surface area contributed by atoms with Crippen molar-refractivity contribution in [2.45, 2.75) is 65.3 Å². The summed E-state index contributed by atoms with van der Waals surface area (Å²) in [5.74, 6) is 0.847. The molecular weight excluding hydrogens is 310 g/mol. The van der Waals surface area contributed by atoms with E-state index in [1.54, 1.807) is 12.3 Å². The van der Waals surface area contributed by atoms with Gasteiger partial charge in [0, 0.05) is 11.7 Å². The average molecular weight is 340 g/mol. The number of carbonyl (C=O) groups excluding carboxylic acids is 1. The molecule has 23 heavy (non-hydrogen) atoms.